The minimum absolute atomic E-state index is 0.226. The van der Waals surface area contributed by atoms with E-state index in [1.165, 1.54) is 19.3 Å². The maximum absolute atomic E-state index is 12.1. The van der Waals surface area contributed by atoms with Crippen molar-refractivity contribution in [2.75, 3.05) is 18.4 Å². The van der Waals surface area contributed by atoms with E-state index in [1.54, 1.807) is 0 Å². The molecule has 0 bridgehead atoms. The van der Waals surface area contributed by atoms with Gasteiger partial charge in [-0.15, -0.1) is 0 Å². The number of amides is 1. The van der Waals surface area contributed by atoms with Crippen LogP contribution in [0.3, 0.4) is 0 Å². The molecular formula is C12H22BrNO. The van der Waals surface area contributed by atoms with Gasteiger partial charge in [-0.3, -0.25) is 4.79 Å². The molecular weight excluding hydrogens is 254 g/mol. The highest BCUT2D eigenvalue weighted by atomic mass is 79.9. The lowest BCUT2D eigenvalue weighted by molar-refractivity contribution is -0.141. The number of halogens is 1. The number of hydrogen-bond acceptors (Lipinski definition) is 1. The van der Waals surface area contributed by atoms with Gasteiger partial charge in [0.05, 0.1) is 0 Å². The summed E-state index contributed by atoms with van der Waals surface area (Å²) in [5.41, 5.74) is -0.226. The van der Waals surface area contributed by atoms with Crippen LogP contribution in [0, 0.1) is 11.3 Å². The topological polar surface area (TPSA) is 20.3 Å². The summed E-state index contributed by atoms with van der Waals surface area (Å²) in [5.74, 6) is 1.01. The summed E-state index contributed by atoms with van der Waals surface area (Å²) >= 11 is 3.48. The smallest absolute Gasteiger partial charge is 0.227 e. The highest BCUT2D eigenvalue weighted by molar-refractivity contribution is 9.09. The highest BCUT2D eigenvalue weighted by Gasteiger charge is 2.30. The highest BCUT2D eigenvalue weighted by Crippen LogP contribution is 2.25. The van der Waals surface area contributed by atoms with Crippen molar-refractivity contribution in [1.82, 2.24) is 4.90 Å². The molecule has 2 nitrogen and oxygen atoms in total. The Morgan fingerprint density at radius 3 is 2.67 bits per heavy atom. The quantitative estimate of drug-likeness (QED) is 0.710. The maximum Gasteiger partial charge on any atom is 0.227 e. The van der Waals surface area contributed by atoms with E-state index in [1.807, 2.05) is 20.8 Å². The molecule has 0 aromatic rings. The van der Waals surface area contributed by atoms with Crippen molar-refractivity contribution in [2.45, 2.75) is 40.0 Å². The fourth-order valence-corrected chi connectivity index (χ4v) is 2.76. The zero-order valence-corrected chi connectivity index (χ0v) is 11.6. The van der Waals surface area contributed by atoms with Crippen LogP contribution in [-0.4, -0.2) is 29.2 Å². The molecule has 15 heavy (non-hydrogen) atoms. The zero-order valence-electron chi connectivity index (χ0n) is 10.1. The van der Waals surface area contributed by atoms with Crippen molar-refractivity contribution in [1.29, 1.82) is 0 Å². The fraction of sp³-hybridized carbons (Fsp3) is 0.917. The number of likely N-dealkylation sites (tertiary alicyclic amines) is 1. The molecule has 1 fully saturated rings. The van der Waals surface area contributed by atoms with E-state index < -0.39 is 0 Å². The van der Waals surface area contributed by atoms with E-state index in [-0.39, 0.29) is 5.41 Å². The molecule has 0 radical (unpaired) electrons. The second kappa shape index (κ2) is 5.33. The summed E-state index contributed by atoms with van der Waals surface area (Å²) in [4.78, 5) is 14.1. The zero-order chi connectivity index (χ0) is 11.5. The lowest BCUT2D eigenvalue weighted by Gasteiger charge is -2.36. The molecule has 1 atom stereocenters. The van der Waals surface area contributed by atoms with Crippen molar-refractivity contribution >= 4 is 21.8 Å². The Morgan fingerprint density at radius 2 is 2.13 bits per heavy atom. The first kappa shape index (κ1) is 13.0. The molecule has 1 aliphatic rings. The van der Waals surface area contributed by atoms with Crippen molar-refractivity contribution in [3.05, 3.63) is 0 Å². The van der Waals surface area contributed by atoms with Gasteiger partial charge in [0, 0.05) is 23.8 Å². The third-order valence-electron chi connectivity index (χ3n) is 2.97. The number of hydrogen-bond donors (Lipinski definition) is 0. The Kier molecular flexibility index (Phi) is 4.63. The molecule has 88 valence electrons. The van der Waals surface area contributed by atoms with E-state index >= 15 is 0 Å². The van der Waals surface area contributed by atoms with Gasteiger partial charge >= 0.3 is 0 Å². The van der Waals surface area contributed by atoms with Gasteiger partial charge in [-0.05, 0) is 25.2 Å². The average Bonchev–Trinajstić information content (AvgIpc) is 2.16. The SMILES string of the molecule is CC(C)(C)C(=O)N1CCCC(CCBr)C1. The van der Waals surface area contributed by atoms with Gasteiger partial charge in [-0.2, -0.15) is 0 Å². The Hall–Kier alpha value is -0.0500. The molecule has 0 aromatic heterocycles. The lowest BCUT2D eigenvalue weighted by Crippen LogP contribution is -2.45. The van der Waals surface area contributed by atoms with Gasteiger partial charge in [0.2, 0.25) is 5.91 Å². The van der Waals surface area contributed by atoms with E-state index in [4.69, 9.17) is 0 Å². The Labute approximate surface area is 102 Å². The predicted octanol–water partition coefficient (Wildman–Crippen LogP) is 3.06. The third-order valence-corrected chi connectivity index (χ3v) is 3.42. The molecule has 0 N–H and O–H groups in total. The largest absolute Gasteiger partial charge is 0.342 e. The number of nitrogens with zero attached hydrogens (tertiary/aromatic N) is 1. The average molecular weight is 276 g/mol. The van der Waals surface area contributed by atoms with Crippen LogP contribution >= 0.6 is 15.9 Å². The summed E-state index contributed by atoms with van der Waals surface area (Å²) in [6, 6.07) is 0. The monoisotopic (exact) mass is 275 g/mol. The number of piperidine rings is 1. The summed E-state index contributed by atoms with van der Waals surface area (Å²) in [6.45, 7) is 7.92. The van der Waals surface area contributed by atoms with E-state index in [0.717, 1.165) is 18.4 Å². The van der Waals surface area contributed by atoms with Crippen molar-refractivity contribution in [3.63, 3.8) is 0 Å². The molecule has 1 aliphatic heterocycles. The minimum Gasteiger partial charge on any atom is -0.342 e. The Balaban J connectivity index is 2.52. The second-order valence-corrected chi connectivity index (χ2v) is 6.28. The first-order valence-electron chi connectivity index (χ1n) is 5.80. The molecule has 1 amide bonds. The summed E-state index contributed by atoms with van der Waals surface area (Å²) in [5, 5.41) is 1.05. The Morgan fingerprint density at radius 1 is 1.47 bits per heavy atom. The summed E-state index contributed by atoms with van der Waals surface area (Å²) in [6.07, 6.45) is 3.63. The molecule has 1 unspecified atom stereocenters. The maximum atomic E-state index is 12.1. The molecule has 0 saturated carbocycles. The van der Waals surface area contributed by atoms with Crippen LogP contribution in [0.5, 0.6) is 0 Å². The van der Waals surface area contributed by atoms with Gasteiger partial charge in [-0.25, -0.2) is 0 Å². The number of rotatable bonds is 2. The number of carbonyl (C=O) groups is 1. The number of alkyl halides is 1. The fourth-order valence-electron chi connectivity index (χ4n) is 2.11. The van der Waals surface area contributed by atoms with Crippen LogP contribution in [0.25, 0.3) is 0 Å². The van der Waals surface area contributed by atoms with Gasteiger partial charge in [-0.1, -0.05) is 36.7 Å². The Bertz CT molecular complexity index is 220. The van der Waals surface area contributed by atoms with Crippen LogP contribution in [0.15, 0.2) is 0 Å². The van der Waals surface area contributed by atoms with Crippen molar-refractivity contribution < 1.29 is 4.79 Å². The predicted molar refractivity (Wildman–Crippen MR) is 67.2 cm³/mol. The normalized spacial score (nSPS) is 22.9. The van der Waals surface area contributed by atoms with Crippen LogP contribution in [0.2, 0.25) is 0 Å². The minimum atomic E-state index is -0.226. The summed E-state index contributed by atoms with van der Waals surface area (Å²) < 4.78 is 0. The first-order chi connectivity index (χ1) is 6.95. The first-order valence-corrected chi connectivity index (χ1v) is 6.92. The van der Waals surface area contributed by atoms with Crippen molar-refractivity contribution in [3.8, 4) is 0 Å². The van der Waals surface area contributed by atoms with Crippen molar-refractivity contribution in [2.24, 2.45) is 11.3 Å². The summed E-state index contributed by atoms with van der Waals surface area (Å²) in [7, 11) is 0. The molecule has 0 spiro atoms. The lowest BCUT2D eigenvalue weighted by atomic mass is 9.90. The van der Waals surface area contributed by atoms with E-state index in [0.29, 0.717) is 11.8 Å². The molecule has 0 aliphatic carbocycles. The van der Waals surface area contributed by atoms with Gasteiger partial charge in [0.25, 0.3) is 0 Å². The van der Waals surface area contributed by atoms with Crippen LogP contribution < -0.4 is 0 Å². The van der Waals surface area contributed by atoms with Gasteiger partial charge in [0.1, 0.15) is 0 Å². The number of carbonyl (C=O) groups excluding carboxylic acids is 1. The molecule has 1 heterocycles. The molecule has 1 rings (SSSR count). The van der Waals surface area contributed by atoms with E-state index in [2.05, 4.69) is 20.8 Å². The third kappa shape index (κ3) is 3.78. The van der Waals surface area contributed by atoms with Crippen LogP contribution in [-0.2, 0) is 4.79 Å². The standard InChI is InChI=1S/C12H22BrNO/c1-12(2,3)11(15)14-8-4-5-10(9-14)6-7-13/h10H,4-9H2,1-3H3. The van der Waals surface area contributed by atoms with Crippen LogP contribution in [0.4, 0.5) is 0 Å². The van der Waals surface area contributed by atoms with E-state index in [9.17, 15) is 4.79 Å². The van der Waals surface area contributed by atoms with Gasteiger partial charge < -0.3 is 4.90 Å². The molecule has 0 aromatic carbocycles. The van der Waals surface area contributed by atoms with Crippen LogP contribution in [0.1, 0.15) is 40.0 Å². The van der Waals surface area contributed by atoms with Gasteiger partial charge in [0.15, 0.2) is 0 Å². The second-order valence-electron chi connectivity index (χ2n) is 5.49. The molecule has 3 heteroatoms. The molecule has 1 saturated heterocycles.